The van der Waals surface area contributed by atoms with E-state index in [1.165, 1.54) is 6.92 Å². The SMILES string of the molecule is CC(=O)Nc1cccc(C(=O)N2CC[C@@H](Oc3cccc4c3OCCO4)[C@H](O)C2)c1. The minimum Gasteiger partial charge on any atom is -0.486 e. The summed E-state index contributed by atoms with van der Waals surface area (Å²) >= 11 is 0. The number of anilines is 1. The number of nitrogens with zero attached hydrogens (tertiary/aromatic N) is 1. The molecule has 0 spiro atoms. The number of carbonyl (C=O) groups is 2. The van der Waals surface area contributed by atoms with Gasteiger partial charge in [0.25, 0.3) is 5.91 Å². The number of hydrogen-bond donors (Lipinski definition) is 2. The summed E-state index contributed by atoms with van der Waals surface area (Å²) in [7, 11) is 0. The molecule has 2 aromatic rings. The number of carbonyl (C=O) groups excluding carboxylic acids is 2. The standard InChI is InChI=1S/C22H24N2O6/c1-14(25)23-16-5-2-4-15(12-16)22(27)24-9-8-18(17(26)13-24)30-20-7-3-6-19-21(20)29-11-10-28-19/h2-7,12,17-18,26H,8-11,13H2,1H3,(H,23,25)/t17-,18-/m1/s1. The molecular formula is C22H24N2O6. The fraction of sp³-hybridized carbons (Fsp3) is 0.364. The Morgan fingerprint density at radius 3 is 2.77 bits per heavy atom. The molecule has 4 rings (SSSR count). The Morgan fingerprint density at radius 1 is 1.17 bits per heavy atom. The Balaban J connectivity index is 1.41. The van der Waals surface area contributed by atoms with Gasteiger partial charge in [-0.05, 0) is 30.3 Å². The number of amides is 2. The third-order valence-corrected chi connectivity index (χ3v) is 5.05. The van der Waals surface area contributed by atoms with E-state index < -0.39 is 12.2 Å². The van der Waals surface area contributed by atoms with Crippen LogP contribution >= 0.6 is 0 Å². The number of benzene rings is 2. The maximum atomic E-state index is 12.9. The zero-order valence-corrected chi connectivity index (χ0v) is 16.7. The van der Waals surface area contributed by atoms with Gasteiger partial charge in [0.1, 0.15) is 25.4 Å². The first-order valence-corrected chi connectivity index (χ1v) is 9.91. The van der Waals surface area contributed by atoms with Gasteiger partial charge in [0.05, 0.1) is 6.54 Å². The summed E-state index contributed by atoms with van der Waals surface area (Å²) in [6.45, 7) is 2.94. The van der Waals surface area contributed by atoms with Gasteiger partial charge >= 0.3 is 0 Å². The Labute approximate surface area is 174 Å². The minimum absolute atomic E-state index is 0.153. The number of aliphatic hydroxyl groups is 1. The first-order valence-electron chi connectivity index (χ1n) is 9.91. The quantitative estimate of drug-likeness (QED) is 0.798. The number of likely N-dealkylation sites (tertiary alicyclic amines) is 1. The number of hydrogen-bond acceptors (Lipinski definition) is 6. The van der Waals surface area contributed by atoms with Gasteiger partial charge in [-0.25, -0.2) is 0 Å². The van der Waals surface area contributed by atoms with E-state index in [0.717, 1.165) is 0 Å². The molecule has 2 atom stereocenters. The van der Waals surface area contributed by atoms with Crippen LogP contribution in [0.1, 0.15) is 23.7 Å². The third-order valence-electron chi connectivity index (χ3n) is 5.05. The highest BCUT2D eigenvalue weighted by molar-refractivity contribution is 5.96. The van der Waals surface area contributed by atoms with Crippen LogP contribution in [-0.4, -0.2) is 60.3 Å². The fourth-order valence-electron chi connectivity index (χ4n) is 3.65. The number of para-hydroxylation sites is 1. The molecule has 2 aliphatic rings. The summed E-state index contributed by atoms with van der Waals surface area (Å²) in [4.78, 5) is 25.7. The van der Waals surface area contributed by atoms with Gasteiger partial charge in [0.15, 0.2) is 11.5 Å². The zero-order valence-electron chi connectivity index (χ0n) is 16.7. The molecule has 30 heavy (non-hydrogen) atoms. The summed E-state index contributed by atoms with van der Waals surface area (Å²) in [5.74, 6) is 1.29. The van der Waals surface area contributed by atoms with Crippen molar-refractivity contribution >= 4 is 17.5 Å². The Morgan fingerprint density at radius 2 is 1.97 bits per heavy atom. The van der Waals surface area contributed by atoms with E-state index in [1.54, 1.807) is 35.2 Å². The Hall–Kier alpha value is -3.26. The van der Waals surface area contributed by atoms with Crippen LogP contribution in [0.5, 0.6) is 17.2 Å². The van der Waals surface area contributed by atoms with Crippen LogP contribution in [-0.2, 0) is 4.79 Å². The summed E-state index contributed by atoms with van der Waals surface area (Å²) in [5, 5.41) is 13.3. The Kier molecular flexibility index (Phi) is 5.76. The molecular weight excluding hydrogens is 388 g/mol. The maximum Gasteiger partial charge on any atom is 0.254 e. The van der Waals surface area contributed by atoms with Gasteiger partial charge in [0.2, 0.25) is 11.7 Å². The minimum atomic E-state index is -0.846. The van der Waals surface area contributed by atoms with Crippen LogP contribution in [0.25, 0.3) is 0 Å². The molecule has 8 nitrogen and oxygen atoms in total. The molecule has 2 aliphatic heterocycles. The summed E-state index contributed by atoms with van der Waals surface area (Å²) in [5.41, 5.74) is 1.01. The van der Waals surface area contributed by atoms with Crippen molar-refractivity contribution in [2.24, 2.45) is 0 Å². The maximum absolute atomic E-state index is 12.9. The molecule has 0 radical (unpaired) electrons. The first kappa shape index (κ1) is 20.0. The molecule has 2 N–H and O–H groups in total. The highest BCUT2D eigenvalue weighted by atomic mass is 16.6. The molecule has 0 unspecified atom stereocenters. The number of rotatable bonds is 4. The van der Waals surface area contributed by atoms with Gasteiger partial charge in [-0.1, -0.05) is 12.1 Å². The van der Waals surface area contributed by atoms with Crippen molar-refractivity contribution < 1.29 is 28.9 Å². The number of ether oxygens (including phenoxy) is 3. The van der Waals surface area contributed by atoms with E-state index >= 15 is 0 Å². The number of piperidine rings is 1. The summed E-state index contributed by atoms with van der Waals surface area (Å²) < 4.78 is 17.2. The number of nitrogens with one attached hydrogen (secondary N) is 1. The van der Waals surface area contributed by atoms with Crippen LogP contribution in [0, 0.1) is 0 Å². The second-order valence-electron chi connectivity index (χ2n) is 7.31. The van der Waals surface area contributed by atoms with E-state index in [2.05, 4.69) is 5.32 Å². The smallest absolute Gasteiger partial charge is 0.254 e. The monoisotopic (exact) mass is 412 g/mol. The number of fused-ring (bicyclic) bond motifs is 1. The highest BCUT2D eigenvalue weighted by Gasteiger charge is 2.33. The van der Waals surface area contributed by atoms with Crippen LogP contribution in [0.15, 0.2) is 42.5 Å². The van der Waals surface area contributed by atoms with Crippen LogP contribution < -0.4 is 19.5 Å². The molecule has 0 bridgehead atoms. The van der Waals surface area contributed by atoms with Gasteiger partial charge in [0, 0.05) is 31.1 Å². The summed E-state index contributed by atoms with van der Waals surface area (Å²) in [6, 6.07) is 12.2. The molecule has 2 amide bonds. The van der Waals surface area contributed by atoms with E-state index in [0.29, 0.717) is 54.7 Å². The van der Waals surface area contributed by atoms with Crippen LogP contribution in [0.4, 0.5) is 5.69 Å². The van der Waals surface area contributed by atoms with Crippen molar-refractivity contribution in [1.82, 2.24) is 4.90 Å². The largest absolute Gasteiger partial charge is 0.486 e. The van der Waals surface area contributed by atoms with Crippen LogP contribution in [0.3, 0.4) is 0 Å². The van der Waals surface area contributed by atoms with Crippen molar-refractivity contribution in [2.45, 2.75) is 25.6 Å². The second-order valence-corrected chi connectivity index (χ2v) is 7.31. The van der Waals surface area contributed by atoms with Gasteiger partial charge < -0.3 is 29.5 Å². The number of β-amino-alcohol motifs (C(OH)–C–C–N with tert-alkyl or cyclic N) is 1. The van der Waals surface area contributed by atoms with Crippen molar-refractivity contribution in [2.75, 3.05) is 31.6 Å². The topological polar surface area (TPSA) is 97.3 Å². The van der Waals surface area contributed by atoms with Crippen molar-refractivity contribution in [1.29, 1.82) is 0 Å². The van der Waals surface area contributed by atoms with E-state index in [-0.39, 0.29) is 18.4 Å². The average Bonchev–Trinajstić information content (AvgIpc) is 2.74. The molecule has 1 saturated heterocycles. The molecule has 8 heteroatoms. The second kappa shape index (κ2) is 8.62. The Bertz CT molecular complexity index is 947. The van der Waals surface area contributed by atoms with Crippen LogP contribution in [0.2, 0.25) is 0 Å². The van der Waals surface area contributed by atoms with E-state index in [4.69, 9.17) is 14.2 Å². The summed E-state index contributed by atoms with van der Waals surface area (Å²) in [6.07, 6.45) is -0.832. The van der Waals surface area contributed by atoms with Crippen molar-refractivity contribution in [3.05, 3.63) is 48.0 Å². The van der Waals surface area contributed by atoms with Crippen molar-refractivity contribution in [3.63, 3.8) is 0 Å². The van der Waals surface area contributed by atoms with Gasteiger partial charge in [-0.3, -0.25) is 9.59 Å². The molecule has 0 aliphatic carbocycles. The predicted octanol–water partition coefficient (Wildman–Crippen LogP) is 2.07. The molecule has 2 aromatic carbocycles. The molecule has 1 fully saturated rings. The normalized spacial score (nSPS) is 20.4. The zero-order chi connectivity index (χ0) is 21.1. The van der Waals surface area contributed by atoms with Gasteiger partial charge in [-0.15, -0.1) is 0 Å². The van der Waals surface area contributed by atoms with Gasteiger partial charge in [-0.2, -0.15) is 0 Å². The third kappa shape index (κ3) is 4.33. The lowest BCUT2D eigenvalue weighted by Crippen LogP contribution is -2.51. The predicted molar refractivity (Wildman–Crippen MR) is 109 cm³/mol. The van der Waals surface area contributed by atoms with E-state index in [1.807, 2.05) is 12.1 Å². The fourth-order valence-corrected chi connectivity index (χ4v) is 3.65. The number of aliphatic hydroxyl groups excluding tert-OH is 1. The van der Waals surface area contributed by atoms with E-state index in [9.17, 15) is 14.7 Å². The lowest BCUT2D eigenvalue weighted by atomic mass is 10.0. The molecule has 158 valence electrons. The molecule has 0 saturated carbocycles. The average molecular weight is 412 g/mol. The molecule has 0 aromatic heterocycles. The lowest BCUT2D eigenvalue weighted by Gasteiger charge is -2.36. The highest BCUT2D eigenvalue weighted by Crippen LogP contribution is 2.40. The molecule has 2 heterocycles. The van der Waals surface area contributed by atoms with Crippen molar-refractivity contribution in [3.8, 4) is 17.2 Å². The first-order chi connectivity index (χ1) is 14.5. The lowest BCUT2D eigenvalue weighted by molar-refractivity contribution is -0.114.